The molecule has 0 saturated heterocycles. The van der Waals surface area contributed by atoms with Crippen LogP contribution in [0.5, 0.6) is 11.5 Å². The van der Waals surface area contributed by atoms with Crippen molar-refractivity contribution in [2.75, 3.05) is 6.79 Å². The number of benzene rings is 1. The van der Waals surface area contributed by atoms with E-state index >= 15 is 0 Å². The van der Waals surface area contributed by atoms with E-state index in [0.29, 0.717) is 11.5 Å². The summed E-state index contributed by atoms with van der Waals surface area (Å²) >= 11 is 0. The van der Waals surface area contributed by atoms with Crippen molar-refractivity contribution in [1.82, 2.24) is 5.32 Å². The number of rotatable bonds is 4. The van der Waals surface area contributed by atoms with Gasteiger partial charge < -0.3 is 15.2 Å². The second kappa shape index (κ2) is 4.63. The summed E-state index contributed by atoms with van der Waals surface area (Å²) in [5, 5.41) is 3.12. The Morgan fingerprint density at radius 2 is 2.18 bits per heavy atom. The second-order valence-electron chi connectivity index (χ2n) is 4.24. The van der Waals surface area contributed by atoms with E-state index in [4.69, 9.17) is 15.2 Å². The predicted molar refractivity (Wildman–Crippen MR) is 62.8 cm³/mol. The lowest BCUT2D eigenvalue weighted by Gasteiger charge is -2.19. The van der Waals surface area contributed by atoms with Gasteiger partial charge in [-0.25, -0.2) is 0 Å². The van der Waals surface area contributed by atoms with E-state index in [2.05, 4.69) is 5.32 Å². The highest BCUT2D eigenvalue weighted by molar-refractivity contribution is 5.82. The Morgan fingerprint density at radius 1 is 1.41 bits per heavy atom. The number of hydrogen-bond acceptors (Lipinski definition) is 4. The molecule has 0 aliphatic carbocycles. The minimum absolute atomic E-state index is 0.144. The zero-order chi connectivity index (χ0) is 12.4. The Labute approximate surface area is 99.9 Å². The Kier molecular flexibility index (Phi) is 3.19. The van der Waals surface area contributed by atoms with Crippen LogP contribution >= 0.6 is 0 Å². The first kappa shape index (κ1) is 11.7. The highest BCUT2D eigenvalue weighted by atomic mass is 16.7. The summed E-state index contributed by atoms with van der Waals surface area (Å²) in [6, 6.07) is 5.02. The number of primary amides is 1. The smallest absolute Gasteiger partial charge is 0.239 e. The zero-order valence-electron chi connectivity index (χ0n) is 9.90. The van der Waals surface area contributed by atoms with E-state index in [-0.39, 0.29) is 12.8 Å². The number of hydrogen-bond donors (Lipinski definition) is 2. The van der Waals surface area contributed by atoms with Gasteiger partial charge in [0, 0.05) is 11.6 Å². The van der Waals surface area contributed by atoms with Crippen LogP contribution in [0.15, 0.2) is 18.2 Å². The number of para-hydroxylation sites is 1. The molecular weight excluding hydrogens is 220 g/mol. The van der Waals surface area contributed by atoms with Gasteiger partial charge in [-0.15, -0.1) is 0 Å². The van der Waals surface area contributed by atoms with Crippen LogP contribution in [0.25, 0.3) is 0 Å². The van der Waals surface area contributed by atoms with Gasteiger partial charge in [-0.3, -0.25) is 10.1 Å². The van der Waals surface area contributed by atoms with Crippen molar-refractivity contribution >= 4 is 5.91 Å². The summed E-state index contributed by atoms with van der Waals surface area (Å²) in [6.07, 6.45) is 0. The van der Waals surface area contributed by atoms with Gasteiger partial charge in [0.2, 0.25) is 12.7 Å². The molecule has 1 aliphatic heterocycles. The lowest BCUT2D eigenvalue weighted by atomic mass is 10.0. The molecule has 1 atom stereocenters. The van der Waals surface area contributed by atoms with Crippen molar-refractivity contribution in [2.45, 2.75) is 25.9 Å². The first-order valence-corrected chi connectivity index (χ1v) is 5.53. The molecule has 5 heteroatoms. The molecule has 0 saturated carbocycles. The van der Waals surface area contributed by atoms with Crippen LogP contribution < -0.4 is 20.5 Å². The molecule has 0 radical (unpaired) electrons. The van der Waals surface area contributed by atoms with Crippen LogP contribution in [0.2, 0.25) is 0 Å². The van der Waals surface area contributed by atoms with E-state index < -0.39 is 11.9 Å². The van der Waals surface area contributed by atoms with Gasteiger partial charge >= 0.3 is 0 Å². The van der Waals surface area contributed by atoms with Crippen molar-refractivity contribution in [3.63, 3.8) is 0 Å². The van der Waals surface area contributed by atoms with Crippen LogP contribution in [-0.2, 0) is 4.79 Å². The minimum atomic E-state index is -0.563. The monoisotopic (exact) mass is 236 g/mol. The molecule has 1 aliphatic rings. The van der Waals surface area contributed by atoms with Gasteiger partial charge in [-0.1, -0.05) is 12.1 Å². The van der Waals surface area contributed by atoms with E-state index in [9.17, 15) is 4.79 Å². The fraction of sp³-hybridized carbons (Fsp3) is 0.417. The standard InChI is InChI=1S/C12H16N2O3/c1-7(2)14-10(12(13)15)8-4-3-5-9-11(8)17-6-16-9/h3-5,7,10,14H,6H2,1-2H3,(H2,13,15). The molecule has 0 spiro atoms. The third-order valence-corrected chi connectivity index (χ3v) is 2.52. The lowest BCUT2D eigenvalue weighted by Crippen LogP contribution is -2.37. The van der Waals surface area contributed by atoms with Crippen molar-refractivity contribution in [2.24, 2.45) is 5.73 Å². The lowest BCUT2D eigenvalue weighted by molar-refractivity contribution is -0.120. The number of amides is 1. The molecule has 0 aromatic heterocycles. The van der Waals surface area contributed by atoms with Gasteiger partial charge in [-0.2, -0.15) is 0 Å². The van der Waals surface area contributed by atoms with E-state index in [1.165, 1.54) is 0 Å². The number of carbonyl (C=O) groups excluding carboxylic acids is 1. The Bertz CT molecular complexity index is 432. The molecule has 0 bridgehead atoms. The van der Waals surface area contributed by atoms with Gasteiger partial charge in [0.05, 0.1) is 0 Å². The molecule has 17 heavy (non-hydrogen) atoms. The maximum absolute atomic E-state index is 11.5. The zero-order valence-corrected chi connectivity index (χ0v) is 9.90. The molecule has 1 aromatic carbocycles. The minimum Gasteiger partial charge on any atom is -0.454 e. The van der Waals surface area contributed by atoms with Gasteiger partial charge in [0.15, 0.2) is 11.5 Å². The average Bonchev–Trinajstić information content (AvgIpc) is 2.73. The molecule has 3 N–H and O–H groups in total. The fourth-order valence-electron chi connectivity index (χ4n) is 1.84. The Morgan fingerprint density at radius 3 is 2.82 bits per heavy atom. The van der Waals surface area contributed by atoms with Gasteiger partial charge in [0.1, 0.15) is 6.04 Å². The molecule has 5 nitrogen and oxygen atoms in total. The van der Waals surface area contributed by atoms with Gasteiger partial charge in [-0.05, 0) is 19.9 Å². The van der Waals surface area contributed by atoms with Crippen LogP contribution in [0.4, 0.5) is 0 Å². The second-order valence-corrected chi connectivity index (χ2v) is 4.24. The summed E-state index contributed by atoms with van der Waals surface area (Å²) < 4.78 is 10.6. The third-order valence-electron chi connectivity index (χ3n) is 2.52. The molecule has 92 valence electrons. The molecule has 1 unspecified atom stereocenters. The van der Waals surface area contributed by atoms with Crippen molar-refractivity contribution in [1.29, 1.82) is 0 Å². The SMILES string of the molecule is CC(C)NC(C(N)=O)c1cccc2c1OCO2. The van der Waals surface area contributed by atoms with Crippen LogP contribution in [0.1, 0.15) is 25.5 Å². The third kappa shape index (κ3) is 2.34. The van der Waals surface area contributed by atoms with Crippen LogP contribution in [-0.4, -0.2) is 18.7 Å². The average molecular weight is 236 g/mol. The number of carbonyl (C=O) groups is 1. The normalized spacial score (nSPS) is 15.0. The highest BCUT2D eigenvalue weighted by Crippen LogP contribution is 2.38. The highest BCUT2D eigenvalue weighted by Gasteiger charge is 2.26. The summed E-state index contributed by atoms with van der Waals surface area (Å²) in [4.78, 5) is 11.5. The summed E-state index contributed by atoms with van der Waals surface area (Å²) in [5.74, 6) is 0.825. The van der Waals surface area contributed by atoms with E-state index in [1.54, 1.807) is 6.07 Å². The number of ether oxygens (including phenoxy) is 2. The number of nitrogens with two attached hydrogens (primary N) is 1. The van der Waals surface area contributed by atoms with E-state index in [1.807, 2.05) is 26.0 Å². The van der Waals surface area contributed by atoms with Crippen LogP contribution in [0, 0.1) is 0 Å². The molecule has 1 heterocycles. The van der Waals surface area contributed by atoms with E-state index in [0.717, 1.165) is 5.56 Å². The number of nitrogens with one attached hydrogen (secondary N) is 1. The Hall–Kier alpha value is -1.75. The maximum atomic E-state index is 11.5. The summed E-state index contributed by atoms with van der Waals surface area (Å²) in [7, 11) is 0. The first-order chi connectivity index (χ1) is 8.09. The predicted octanol–water partition coefficient (Wildman–Crippen LogP) is 0.940. The molecule has 0 fully saturated rings. The summed E-state index contributed by atoms with van der Waals surface area (Å²) in [6.45, 7) is 4.09. The van der Waals surface area contributed by atoms with Gasteiger partial charge in [0.25, 0.3) is 0 Å². The Balaban J connectivity index is 2.36. The summed E-state index contributed by atoms with van der Waals surface area (Å²) in [5.41, 5.74) is 6.14. The first-order valence-electron chi connectivity index (χ1n) is 5.53. The maximum Gasteiger partial charge on any atom is 0.239 e. The van der Waals surface area contributed by atoms with Crippen LogP contribution in [0.3, 0.4) is 0 Å². The van der Waals surface area contributed by atoms with Crippen molar-refractivity contribution < 1.29 is 14.3 Å². The topological polar surface area (TPSA) is 73.6 Å². The molecule has 1 amide bonds. The number of fused-ring (bicyclic) bond motifs is 1. The van der Waals surface area contributed by atoms with Crippen molar-refractivity contribution in [3.8, 4) is 11.5 Å². The largest absolute Gasteiger partial charge is 0.454 e. The fourth-order valence-corrected chi connectivity index (χ4v) is 1.84. The molecule has 2 rings (SSSR count). The quantitative estimate of drug-likeness (QED) is 0.816. The molecule has 1 aromatic rings. The van der Waals surface area contributed by atoms with Crippen molar-refractivity contribution in [3.05, 3.63) is 23.8 Å². The molecular formula is C12H16N2O3.